The summed E-state index contributed by atoms with van der Waals surface area (Å²) in [6.07, 6.45) is -0.155. The second-order valence-electron chi connectivity index (χ2n) is 11.1. The fraction of sp³-hybridized carbons (Fsp3) is 0.368. The van der Waals surface area contributed by atoms with E-state index in [0.717, 1.165) is 74.7 Å². The van der Waals surface area contributed by atoms with Crippen molar-refractivity contribution in [2.24, 2.45) is 0 Å². The second-order valence-corrected chi connectivity index (χ2v) is 11.1. The van der Waals surface area contributed by atoms with Crippen LogP contribution in [-0.2, 0) is 18.9 Å². The summed E-state index contributed by atoms with van der Waals surface area (Å²) in [6, 6.07) is 41.6. The Hall–Kier alpha value is -3.36. The number of piperazine rings is 1. The van der Waals surface area contributed by atoms with Crippen LogP contribution in [-0.4, -0.2) is 88.7 Å². The van der Waals surface area contributed by atoms with E-state index >= 15 is 0 Å². The molecule has 0 bridgehead atoms. The molecule has 0 amide bonds. The number of rotatable bonds is 18. The molecule has 232 valence electrons. The monoisotopic (exact) mass is 594 g/mol. The van der Waals surface area contributed by atoms with Crippen LogP contribution in [0.2, 0.25) is 0 Å². The third-order valence-electron chi connectivity index (χ3n) is 8.00. The van der Waals surface area contributed by atoms with Crippen LogP contribution in [0.4, 0.5) is 0 Å². The van der Waals surface area contributed by atoms with Gasteiger partial charge in [0.1, 0.15) is 12.2 Å². The highest BCUT2D eigenvalue weighted by Gasteiger charge is 2.18. The van der Waals surface area contributed by atoms with Crippen molar-refractivity contribution in [2.75, 3.05) is 78.9 Å². The lowest BCUT2D eigenvalue weighted by molar-refractivity contribution is 0.00350. The summed E-state index contributed by atoms with van der Waals surface area (Å²) < 4.78 is 24.4. The van der Waals surface area contributed by atoms with Crippen LogP contribution >= 0.6 is 0 Å². The standard InChI is InChI=1S/C38H46N2O4/c1-5-13-33(14-6-1)37(34-15-7-2-8-16-34)43-31-29-41-27-25-39-21-23-40(24-22-39)26-28-42-30-32-44-38(35-17-9-3-10-18-35)36-19-11-4-12-20-36/h1-20,37-38H,21-32H2. The summed E-state index contributed by atoms with van der Waals surface area (Å²) in [5.41, 5.74) is 4.65. The van der Waals surface area contributed by atoms with E-state index in [2.05, 4.69) is 107 Å². The molecule has 6 heteroatoms. The smallest absolute Gasteiger partial charge is 0.108 e. The summed E-state index contributed by atoms with van der Waals surface area (Å²) >= 11 is 0. The molecule has 0 N–H and O–H groups in total. The van der Waals surface area contributed by atoms with Gasteiger partial charge >= 0.3 is 0 Å². The van der Waals surface area contributed by atoms with Gasteiger partial charge in [-0.05, 0) is 22.3 Å². The quantitative estimate of drug-likeness (QED) is 0.127. The Labute approximate surface area is 263 Å². The van der Waals surface area contributed by atoms with Crippen molar-refractivity contribution in [1.29, 1.82) is 0 Å². The highest BCUT2D eigenvalue weighted by atomic mass is 16.5. The summed E-state index contributed by atoms with van der Waals surface area (Å²) in [7, 11) is 0. The molecule has 0 saturated carbocycles. The van der Waals surface area contributed by atoms with E-state index in [1.807, 2.05) is 24.3 Å². The van der Waals surface area contributed by atoms with E-state index in [1.165, 1.54) is 0 Å². The number of hydrogen-bond donors (Lipinski definition) is 0. The Morgan fingerprint density at radius 1 is 0.386 bits per heavy atom. The lowest BCUT2D eigenvalue weighted by Crippen LogP contribution is -2.48. The van der Waals surface area contributed by atoms with Gasteiger partial charge in [-0.3, -0.25) is 9.80 Å². The molecule has 4 aromatic rings. The molecule has 6 nitrogen and oxygen atoms in total. The van der Waals surface area contributed by atoms with Crippen LogP contribution in [0.1, 0.15) is 34.5 Å². The van der Waals surface area contributed by atoms with Crippen LogP contribution < -0.4 is 0 Å². The predicted molar refractivity (Wildman–Crippen MR) is 176 cm³/mol. The van der Waals surface area contributed by atoms with Crippen LogP contribution in [0.3, 0.4) is 0 Å². The van der Waals surface area contributed by atoms with Crippen LogP contribution in [0.15, 0.2) is 121 Å². The van der Waals surface area contributed by atoms with E-state index in [4.69, 9.17) is 18.9 Å². The first-order valence-electron chi connectivity index (χ1n) is 15.9. The Bertz CT molecular complexity index is 1100. The molecule has 0 aliphatic carbocycles. The highest BCUT2D eigenvalue weighted by molar-refractivity contribution is 5.31. The Morgan fingerprint density at radius 3 is 0.977 bits per heavy atom. The van der Waals surface area contributed by atoms with Crippen molar-refractivity contribution in [3.8, 4) is 0 Å². The van der Waals surface area contributed by atoms with Gasteiger partial charge in [0.05, 0.1) is 39.6 Å². The van der Waals surface area contributed by atoms with E-state index in [1.54, 1.807) is 0 Å². The number of benzene rings is 4. The van der Waals surface area contributed by atoms with Gasteiger partial charge in [0.15, 0.2) is 0 Å². The molecule has 1 aliphatic heterocycles. The number of nitrogens with zero attached hydrogens (tertiary/aromatic N) is 2. The maximum absolute atomic E-state index is 6.27. The molecule has 0 atom stereocenters. The lowest BCUT2D eigenvalue weighted by atomic mass is 10.0. The van der Waals surface area contributed by atoms with Crippen LogP contribution in [0.5, 0.6) is 0 Å². The van der Waals surface area contributed by atoms with E-state index in [-0.39, 0.29) is 12.2 Å². The normalized spacial score (nSPS) is 14.4. The molecule has 4 aromatic carbocycles. The molecule has 0 radical (unpaired) electrons. The predicted octanol–water partition coefficient (Wildman–Crippen LogP) is 6.25. The van der Waals surface area contributed by atoms with Gasteiger partial charge in [-0.2, -0.15) is 0 Å². The SMILES string of the molecule is c1ccc(C(OCCOCCN2CCN(CCOCCOC(c3ccccc3)c3ccccc3)CC2)c2ccccc2)cc1. The zero-order chi connectivity index (χ0) is 30.1. The molecule has 1 aliphatic rings. The maximum atomic E-state index is 6.27. The second kappa shape index (κ2) is 18.4. The van der Waals surface area contributed by atoms with Gasteiger partial charge in [0.25, 0.3) is 0 Å². The first-order chi connectivity index (χ1) is 21.9. The summed E-state index contributed by atoms with van der Waals surface area (Å²) in [6.45, 7) is 9.89. The molecule has 0 aromatic heterocycles. The molecular formula is C38H46N2O4. The zero-order valence-electron chi connectivity index (χ0n) is 25.7. The Balaban J connectivity index is 0.909. The third-order valence-corrected chi connectivity index (χ3v) is 8.00. The minimum Gasteiger partial charge on any atom is -0.378 e. The average Bonchev–Trinajstić information content (AvgIpc) is 3.10. The van der Waals surface area contributed by atoms with E-state index in [9.17, 15) is 0 Å². The van der Waals surface area contributed by atoms with Crippen molar-refractivity contribution in [3.05, 3.63) is 144 Å². The van der Waals surface area contributed by atoms with Gasteiger partial charge in [0.2, 0.25) is 0 Å². The van der Waals surface area contributed by atoms with Crippen molar-refractivity contribution in [3.63, 3.8) is 0 Å². The van der Waals surface area contributed by atoms with Gasteiger partial charge < -0.3 is 18.9 Å². The van der Waals surface area contributed by atoms with Crippen LogP contribution in [0, 0.1) is 0 Å². The summed E-state index contributed by atoms with van der Waals surface area (Å²) in [5, 5.41) is 0. The van der Waals surface area contributed by atoms with Crippen molar-refractivity contribution >= 4 is 0 Å². The van der Waals surface area contributed by atoms with Crippen LogP contribution in [0.25, 0.3) is 0 Å². The van der Waals surface area contributed by atoms with Gasteiger partial charge in [-0.15, -0.1) is 0 Å². The minimum absolute atomic E-state index is 0.0777. The third kappa shape index (κ3) is 10.4. The highest BCUT2D eigenvalue weighted by Crippen LogP contribution is 2.26. The first-order valence-corrected chi connectivity index (χ1v) is 15.9. The molecule has 5 rings (SSSR count). The minimum atomic E-state index is -0.0777. The molecule has 0 spiro atoms. The summed E-state index contributed by atoms with van der Waals surface area (Å²) in [4.78, 5) is 4.96. The van der Waals surface area contributed by atoms with Crippen molar-refractivity contribution in [2.45, 2.75) is 12.2 Å². The van der Waals surface area contributed by atoms with Crippen molar-refractivity contribution < 1.29 is 18.9 Å². The fourth-order valence-corrected chi connectivity index (χ4v) is 5.56. The summed E-state index contributed by atoms with van der Waals surface area (Å²) in [5.74, 6) is 0. The molecule has 0 unspecified atom stereocenters. The van der Waals surface area contributed by atoms with Gasteiger partial charge in [0, 0.05) is 39.3 Å². The topological polar surface area (TPSA) is 43.4 Å². The fourth-order valence-electron chi connectivity index (χ4n) is 5.56. The Kier molecular flexibility index (Phi) is 13.4. The largest absolute Gasteiger partial charge is 0.378 e. The lowest BCUT2D eigenvalue weighted by Gasteiger charge is -2.34. The zero-order valence-corrected chi connectivity index (χ0v) is 25.7. The van der Waals surface area contributed by atoms with E-state index in [0.29, 0.717) is 26.4 Å². The Morgan fingerprint density at radius 2 is 0.682 bits per heavy atom. The molecule has 1 heterocycles. The van der Waals surface area contributed by atoms with Gasteiger partial charge in [-0.1, -0.05) is 121 Å². The average molecular weight is 595 g/mol. The van der Waals surface area contributed by atoms with E-state index < -0.39 is 0 Å². The molecular weight excluding hydrogens is 548 g/mol. The number of ether oxygens (including phenoxy) is 4. The molecule has 1 fully saturated rings. The van der Waals surface area contributed by atoms with Crippen molar-refractivity contribution in [1.82, 2.24) is 9.80 Å². The van der Waals surface area contributed by atoms with Gasteiger partial charge in [-0.25, -0.2) is 0 Å². The first kappa shape index (κ1) is 32.0. The number of hydrogen-bond acceptors (Lipinski definition) is 6. The molecule has 1 saturated heterocycles. The maximum Gasteiger partial charge on any atom is 0.108 e. The molecule has 44 heavy (non-hydrogen) atoms.